The fourth-order valence-corrected chi connectivity index (χ4v) is 4.29. The third-order valence-electron chi connectivity index (χ3n) is 5.18. The van der Waals surface area contributed by atoms with Crippen LogP contribution in [0, 0.1) is 6.92 Å². The van der Waals surface area contributed by atoms with E-state index in [-0.39, 0.29) is 37.1 Å². The number of thiophene rings is 1. The number of carbonyl (C=O) groups excluding carboxylic acids is 3. The minimum atomic E-state index is -0.897. The molecule has 1 atom stereocenters. The van der Waals surface area contributed by atoms with Crippen LogP contribution in [-0.2, 0) is 20.9 Å². The van der Waals surface area contributed by atoms with Gasteiger partial charge in [-0.05, 0) is 56.8 Å². The van der Waals surface area contributed by atoms with E-state index in [1.165, 1.54) is 16.2 Å². The summed E-state index contributed by atoms with van der Waals surface area (Å²) in [4.78, 5) is 42.0. The van der Waals surface area contributed by atoms with E-state index in [0.717, 1.165) is 4.88 Å². The number of aryl methyl sites for hydroxylation is 1. The van der Waals surface area contributed by atoms with Gasteiger partial charge in [0, 0.05) is 29.3 Å². The van der Waals surface area contributed by atoms with Crippen molar-refractivity contribution in [1.29, 1.82) is 0 Å². The number of hydrogen-bond acceptors (Lipinski definition) is 7. The lowest BCUT2D eigenvalue weighted by Gasteiger charge is -2.33. The molecule has 36 heavy (non-hydrogen) atoms. The number of nitrogens with one attached hydrogen (secondary N) is 2. The third kappa shape index (κ3) is 7.67. The van der Waals surface area contributed by atoms with Crippen LogP contribution in [0.2, 0.25) is 0 Å². The number of carbonyl (C=O) groups is 3. The number of ether oxygens (including phenoxy) is 1. The van der Waals surface area contributed by atoms with Gasteiger partial charge >= 0.3 is 0 Å². The predicted molar refractivity (Wildman–Crippen MR) is 138 cm³/mol. The molecule has 0 bridgehead atoms. The molecule has 3 amide bonds. The molecule has 3 rings (SSSR count). The number of nitrogens with zero attached hydrogens (tertiary/aromatic N) is 2. The quantitative estimate of drug-likeness (QED) is 0.415. The Morgan fingerprint density at radius 3 is 2.42 bits per heavy atom. The van der Waals surface area contributed by atoms with Crippen molar-refractivity contribution in [2.75, 3.05) is 12.4 Å². The Kier molecular flexibility index (Phi) is 8.87. The van der Waals surface area contributed by atoms with Gasteiger partial charge in [0.1, 0.15) is 17.6 Å². The van der Waals surface area contributed by atoms with Crippen LogP contribution in [-0.4, -0.2) is 40.4 Å². The average Bonchev–Trinajstić information content (AvgIpc) is 3.48. The topological polar surface area (TPSA) is 114 Å². The summed E-state index contributed by atoms with van der Waals surface area (Å²) in [5.41, 5.74) is 0.139. The Bertz CT molecular complexity index is 1170. The maximum atomic E-state index is 13.6. The number of methoxy groups -OCH3 is 1. The summed E-state index contributed by atoms with van der Waals surface area (Å²) in [6.45, 7) is 7.61. The largest absolute Gasteiger partial charge is 0.497 e. The number of anilines is 1. The maximum absolute atomic E-state index is 13.6. The summed E-state index contributed by atoms with van der Waals surface area (Å²) in [6, 6.07) is 11.6. The van der Waals surface area contributed by atoms with E-state index < -0.39 is 11.6 Å². The molecule has 3 aromatic rings. The number of hydrogen-bond donors (Lipinski definition) is 2. The van der Waals surface area contributed by atoms with Gasteiger partial charge in [-0.1, -0.05) is 23.4 Å². The Balaban J connectivity index is 1.87. The molecule has 0 unspecified atom stereocenters. The molecule has 0 radical (unpaired) electrons. The Hall–Kier alpha value is -3.66. The molecule has 10 heteroatoms. The number of aromatic nitrogens is 1. The first kappa shape index (κ1) is 26.9. The number of rotatable bonds is 10. The lowest BCUT2D eigenvalue weighted by Crippen LogP contribution is -2.49. The molecule has 0 aliphatic rings. The average molecular weight is 513 g/mol. The van der Waals surface area contributed by atoms with Crippen molar-refractivity contribution >= 4 is 34.9 Å². The van der Waals surface area contributed by atoms with Gasteiger partial charge in [-0.15, -0.1) is 11.3 Å². The summed E-state index contributed by atoms with van der Waals surface area (Å²) in [5.74, 6) is 0.508. The molecular weight excluding hydrogens is 480 g/mol. The van der Waals surface area contributed by atoms with Gasteiger partial charge in [0.25, 0.3) is 0 Å². The molecule has 0 saturated heterocycles. The minimum absolute atomic E-state index is 0.0676. The molecule has 2 N–H and O–H groups in total. The van der Waals surface area contributed by atoms with Crippen LogP contribution in [0.15, 0.2) is 52.4 Å². The first-order chi connectivity index (χ1) is 17.1. The zero-order chi connectivity index (χ0) is 26.3. The highest BCUT2D eigenvalue weighted by Gasteiger charge is 2.33. The zero-order valence-corrected chi connectivity index (χ0v) is 22.0. The molecule has 0 saturated carbocycles. The Morgan fingerprint density at radius 1 is 1.14 bits per heavy atom. The molecule has 0 aliphatic heterocycles. The molecule has 2 aromatic heterocycles. The summed E-state index contributed by atoms with van der Waals surface area (Å²) in [5, 5.41) is 11.3. The van der Waals surface area contributed by atoms with Gasteiger partial charge < -0.3 is 24.8 Å². The van der Waals surface area contributed by atoms with Crippen molar-refractivity contribution in [3.63, 3.8) is 0 Å². The standard InChI is InChI=1S/C26H32N4O5S/c1-17-15-21(29-35-17)27-22(31)12-13-23(32)30(16-20-7-6-14-36-20)24(25(33)28-26(2,3)4)18-8-10-19(34-5)11-9-18/h6-11,14-15,24H,12-13,16H2,1-5H3,(H,28,33)(H,27,29,31)/t24-/m0/s1. The van der Waals surface area contributed by atoms with Crippen molar-refractivity contribution in [3.05, 3.63) is 64.0 Å². The van der Waals surface area contributed by atoms with E-state index in [2.05, 4.69) is 15.8 Å². The monoisotopic (exact) mass is 512 g/mol. The lowest BCUT2D eigenvalue weighted by atomic mass is 10.0. The first-order valence-electron chi connectivity index (χ1n) is 11.6. The highest BCUT2D eigenvalue weighted by molar-refractivity contribution is 7.09. The summed E-state index contributed by atoms with van der Waals surface area (Å²) in [6.07, 6.45) is -0.147. The van der Waals surface area contributed by atoms with Gasteiger partial charge in [0.2, 0.25) is 17.7 Å². The van der Waals surface area contributed by atoms with E-state index in [1.54, 1.807) is 44.4 Å². The summed E-state index contributed by atoms with van der Waals surface area (Å²) < 4.78 is 10.2. The van der Waals surface area contributed by atoms with Crippen LogP contribution in [0.3, 0.4) is 0 Å². The van der Waals surface area contributed by atoms with E-state index in [0.29, 0.717) is 22.9 Å². The Labute approximate surface area is 214 Å². The highest BCUT2D eigenvalue weighted by Crippen LogP contribution is 2.28. The van der Waals surface area contributed by atoms with Gasteiger partial charge in [-0.2, -0.15) is 0 Å². The molecular formula is C26H32N4O5S. The van der Waals surface area contributed by atoms with Gasteiger partial charge in [0.05, 0.1) is 13.7 Å². The van der Waals surface area contributed by atoms with Crippen LogP contribution in [0.25, 0.3) is 0 Å². The fourth-order valence-electron chi connectivity index (χ4n) is 3.59. The van der Waals surface area contributed by atoms with Gasteiger partial charge in [0.15, 0.2) is 5.82 Å². The molecule has 9 nitrogen and oxygen atoms in total. The number of benzene rings is 1. The van der Waals surface area contributed by atoms with E-state index in [4.69, 9.17) is 9.26 Å². The van der Waals surface area contributed by atoms with Crippen molar-refractivity contribution in [2.45, 2.75) is 58.7 Å². The molecule has 2 heterocycles. The maximum Gasteiger partial charge on any atom is 0.247 e. The number of amides is 3. The molecule has 0 aliphatic carbocycles. The zero-order valence-electron chi connectivity index (χ0n) is 21.2. The normalized spacial score (nSPS) is 12.0. The van der Waals surface area contributed by atoms with Crippen LogP contribution >= 0.6 is 11.3 Å². The van der Waals surface area contributed by atoms with Gasteiger partial charge in [-0.25, -0.2) is 0 Å². The van der Waals surface area contributed by atoms with E-state index in [9.17, 15) is 14.4 Å². The van der Waals surface area contributed by atoms with Crippen LogP contribution in [0.5, 0.6) is 5.75 Å². The van der Waals surface area contributed by atoms with Crippen molar-refractivity contribution in [3.8, 4) is 5.75 Å². The van der Waals surface area contributed by atoms with Gasteiger partial charge in [-0.3, -0.25) is 14.4 Å². The highest BCUT2D eigenvalue weighted by atomic mass is 32.1. The first-order valence-corrected chi connectivity index (χ1v) is 12.4. The second kappa shape index (κ2) is 11.9. The second-order valence-corrected chi connectivity index (χ2v) is 10.4. The smallest absolute Gasteiger partial charge is 0.247 e. The van der Waals surface area contributed by atoms with Crippen molar-refractivity contribution in [1.82, 2.24) is 15.4 Å². The van der Waals surface area contributed by atoms with Crippen LogP contribution in [0.1, 0.15) is 55.9 Å². The molecule has 0 fully saturated rings. The molecule has 1 aromatic carbocycles. The molecule has 0 spiro atoms. The Morgan fingerprint density at radius 2 is 1.86 bits per heavy atom. The minimum Gasteiger partial charge on any atom is -0.497 e. The summed E-state index contributed by atoms with van der Waals surface area (Å²) in [7, 11) is 1.57. The third-order valence-corrected chi connectivity index (χ3v) is 6.04. The SMILES string of the molecule is COc1ccc([C@@H](C(=O)NC(C)(C)C)N(Cc2cccs2)C(=O)CCC(=O)Nc2cc(C)on2)cc1. The van der Waals surface area contributed by atoms with Crippen LogP contribution in [0.4, 0.5) is 5.82 Å². The second-order valence-electron chi connectivity index (χ2n) is 9.39. The lowest BCUT2D eigenvalue weighted by molar-refractivity contribution is -0.142. The van der Waals surface area contributed by atoms with E-state index in [1.807, 2.05) is 38.3 Å². The van der Waals surface area contributed by atoms with Crippen LogP contribution < -0.4 is 15.4 Å². The van der Waals surface area contributed by atoms with Crippen molar-refractivity contribution < 1.29 is 23.6 Å². The van der Waals surface area contributed by atoms with Crippen molar-refractivity contribution in [2.24, 2.45) is 0 Å². The summed E-state index contributed by atoms with van der Waals surface area (Å²) >= 11 is 1.50. The predicted octanol–water partition coefficient (Wildman–Crippen LogP) is 4.46. The van der Waals surface area contributed by atoms with E-state index >= 15 is 0 Å². The molecule has 192 valence electrons. The fraction of sp³-hybridized carbons (Fsp3) is 0.385.